The van der Waals surface area contributed by atoms with Crippen LogP contribution in [-0.4, -0.2) is 21.7 Å². The normalized spacial score (nSPS) is 10.2. The van der Waals surface area contributed by atoms with Crippen LogP contribution in [0.1, 0.15) is 16.1 Å². The number of aromatic nitrogens is 2. The van der Waals surface area contributed by atoms with Gasteiger partial charge in [-0.15, -0.1) is 0 Å². The molecular weight excluding hydrogens is 320 g/mol. The van der Waals surface area contributed by atoms with Crippen LogP contribution in [0.25, 0.3) is 5.69 Å². The molecule has 1 N–H and O–H groups in total. The van der Waals surface area contributed by atoms with Gasteiger partial charge in [0.05, 0.1) is 17.8 Å². The van der Waals surface area contributed by atoms with Gasteiger partial charge >= 0.3 is 0 Å². The van der Waals surface area contributed by atoms with E-state index >= 15 is 0 Å². The van der Waals surface area contributed by atoms with E-state index < -0.39 is 0 Å². The number of benzene rings is 2. The highest BCUT2D eigenvalue weighted by Gasteiger charge is 2.17. The summed E-state index contributed by atoms with van der Waals surface area (Å²) >= 11 is 1.48. The quantitative estimate of drug-likeness (QED) is 0.738. The average Bonchev–Trinajstić information content (AvgIpc) is 3.07. The van der Waals surface area contributed by atoms with Crippen molar-refractivity contribution in [1.29, 1.82) is 5.26 Å². The highest BCUT2D eigenvalue weighted by atomic mass is 32.2. The fourth-order valence-corrected chi connectivity index (χ4v) is 2.83. The molecule has 0 saturated heterocycles. The van der Waals surface area contributed by atoms with Crippen LogP contribution in [-0.2, 0) is 0 Å². The number of amides is 1. The number of nitrogens with one attached hydrogen (secondary N) is 1. The lowest BCUT2D eigenvalue weighted by atomic mass is 10.2. The minimum Gasteiger partial charge on any atom is -0.321 e. The third kappa shape index (κ3) is 3.16. The van der Waals surface area contributed by atoms with Crippen LogP contribution in [0.15, 0.2) is 66.0 Å². The molecule has 0 aliphatic rings. The van der Waals surface area contributed by atoms with Crippen LogP contribution in [0.5, 0.6) is 0 Å². The first-order valence-corrected chi connectivity index (χ1v) is 8.44. The van der Waals surface area contributed by atoms with E-state index in [1.807, 2.05) is 41.2 Å². The maximum atomic E-state index is 12.6. The first-order chi connectivity index (χ1) is 11.7. The number of hydrogen-bond donors (Lipinski definition) is 1. The van der Waals surface area contributed by atoms with Gasteiger partial charge in [0.2, 0.25) is 0 Å². The number of carbonyl (C=O) groups is 1. The number of para-hydroxylation sites is 1. The van der Waals surface area contributed by atoms with Crippen molar-refractivity contribution in [3.05, 3.63) is 72.1 Å². The number of carbonyl (C=O) groups excluding carboxylic acids is 1. The lowest BCUT2D eigenvalue weighted by Gasteiger charge is -2.11. The average molecular weight is 334 g/mol. The Morgan fingerprint density at radius 3 is 2.50 bits per heavy atom. The number of imidazole rings is 1. The molecule has 0 bridgehead atoms. The van der Waals surface area contributed by atoms with Gasteiger partial charge in [-0.1, -0.05) is 30.0 Å². The van der Waals surface area contributed by atoms with Crippen molar-refractivity contribution in [3.8, 4) is 11.8 Å². The fourth-order valence-electron chi connectivity index (χ4n) is 2.29. The van der Waals surface area contributed by atoms with Gasteiger partial charge in [-0.25, -0.2) is 4.98 Å². The third-order valence-corrected chi connectivity index (χ3v) is 4.08. The molecule has 118 valence electrons. The first kappa shape index (κ1) is 15.8. The number of nitrogens with zero attached hydrogens (tertiary/aromatic N) is 3. The highest BCUT2D eigenvalue weighted by Crippen LogP contribution is 2.22. The van der Waals surface area contributed by atoms with E-state index in [2.05, 4.69) is 16.4 Å². The first-order valence-electron chi connectivity index (χ1n) is 7.21. The Morgan fingerprint density at radius 1 is 1.17 bits per heavy atom. The summed E-state index contributed by atoms with van der Waals surface area (Å²) in [6.45, 7) is 0. The van der Waals surface area contributed by atoms with Crippen molar-refractivity contribution >= 4 is 23.4 Å². The molecule has 0 spiro atoms. The van der Waals surface area contributed by atoms with Crippen LogP contribution >= 0.6 is 11.8 Å². The van der Waals surface area contributed by atoms with Crippen molar-refractivity contribution in [2.45, 2.75) is 5.16 Å². The number of anilines is 1. The third-order valence-electron chi connectivity index (χ3n) is 3.43. The number of thioether (sulfide) groups is 1. The predicted molar refractivity (Wildman–Crippen MR) is 94.5 cm³/mol. The molecule has 2 aromatic carbocycles. The number of hydrogen-bond acceptors (Lipinski definition) is 4. The molecule has 3 rings (SSSR count). The molecule has 0 aliphatic carbocycles. The Hall–Kier alpha value is -3.04. The molecule has 6 heteroatoms. The standard InChI is InChI=1S/C18H14N4OS/c1-24-18-20-12-16(22(18)15-5-3-2-4-6-15)17(23)21-14-9-7-13(11-19)8-10-14/h2-10,12H,1H3,(H,21,23). The summed E-state index contributed by atoms with van der Waals surface area (Å²) in [4.78, 5) is 17.0. The largest absolute Gasteiger partial charge is 0.321 e. The van der Waals surface area contributed by atoms with Crippen molar-refractivity contribution in [1.82, 2.24) is 9.55 Å². The molecule has 0 aliphatic heterocycles. The van der Waals surface area contributed by atoms with Crippen LogP contribution < -0.4 is 5.32 Å². The minimum absolute atomic E-state index is 0.253. The van der Waals surface area contributed by atoms with E-state index in [9.17, 15) is 4.79 Å². The molecule has 5 nitrogen and oxygen atoms in total. The molecule has 0 saturated carbocycles. The van der Waals surface area contributed by atoms with Gasteiger partial charge in [-0.2, -0.15) is 5.26 Å². The maximum Gasteiger partial charge on any atom is 0.274 e. The van der Waals surface area contributed by atoms with Gasteiger partial charge < -0.3 is 5.32 Å². The van der Waals surface area contributed by atoms with Gasteiger partial charge in [-0.3, -0.25) is 9.36 Å². The van der Waals surface area contributed by atoms with Crippen molar-refractivity contribution in [2.24, 2.45) is 0 Å². The zero-order chi connectivity index (χ0) is 16.9. The van der Waals surface area contributed by atoms with Gasteiger partial charge in [0.25, 0.3) is 5.91 Å². The maximum absolute atomic E-state index is 12.6. The van der Waals surface area contributed by atoms with E-state index in [1.165, 1.54) is 11.8 Å². The summed E-state index contributed by atoms with van der Waals surface area (Å²) in [6.07, 6.45) is 3.49. The predicted octanol–water partition coefficient (Wildman–Crippen LogP) is 3.72. The zero-order valence-corrected chi connectivity index (χ0v) is 13.7. The van der Waals surface area contributed by atoms with Crippen LogP contribution in [0.4, 0.5) is 5.69 Å². The van der Waals surface area contributed by atoms with E-state index in [4.69, 9.17) is 5.26 Å². The van der Waals surface area contributed by atoms with E-state index in [0.717, 1.165) is 10.8 Å². The molecule has 0 radical (unpaired) electrons. The van der Waals surface area contributed by atoms with Crippen LogP contribution in [0.3, 0.4) is 0 Å². The Morgan fingerprint density at radius 2 is 1.88 bits per heavy atom. The zero-order valence-electron chi connectivity index (χ0n) is 12.9. The van der Waals surface area contributed by atoms with E-state index in [1.54, 1.807) is 30.5 Å². The number of rotatable bonds is 4. The molecule has 0 fully saturated rings. The lowest BCUT2D eigenvalue weighted by Crippen LogP contribution is -2.16. The monoisotopic (exact) mass is 334 g/mol. The summed E-state index contributed by atoms with van der Waals surface area (Å²) in [5.41, 5.74) is 2.51. The summed E-state index contributed by atoms with van der Waals surface area (Å²) in [5, 5.41) is 12.4. The molecule has 1 amide bonds. The highest BCUT2D eigenvalue weighted by molar-refractivity contribution is 7.98. The van der Waals surface area contributed by atoms with E-state index in [-0.39, 0.29) is 5.91 Å². The molecule has 24 heavy (non-hydrogen) atoms. The molecule has 1 aromatic heterocycles. The second-order valence-corrected chi connectivity index (χ2v) is 5.72. The van der Waals surface area contributed by atoms with Gasteiger partial charge in [0.1, 0.15) is 5.69 Å². The molecule has 3 aromatic rings. The lowest BCUT2D eigenvalue weighted by molar-refractivity contribution is 0.102. The van der Waals surface area contributed by atoms with Gasteiger partial charge in [0, 0.05) is 11.4 Å². The second kappa shape index (κ2) is 7.02. The second-order valence-electron chi connectivity index (χ2n) is 4.94. The number of nitriles is 1. The minimum atomic E-state index is -0.253. The van der Waals surface area contributed by atoms with Crippen molar-refractivity contribution < 1.29 is 4.79 Å². The molecular formula is C18H14N4OS. The van der Waals surface area contributed by atoms with E-state index in [0.29, 0.717) is 16.9 Å². The van der Waals surface area contributed by atoms with Gasteiger partial charge in [0.15, 0.2) is 5.16 Å². The molecule has 0 unspecified atom stereocenters. The van der Waals surface area contributed by atoms with Crippen molar-refractivity contribution in [2.75, 3.05) is 11.6 Å². The Kier molecular flexibility index (Phi) is 4.64. The molecule has 0 atom stereocenters. The summed E-state index contributed by atoms with van der Waals surface area (Å²) in [6, 6.07) is 18.4. The Bertz CT molecular complexity index is 895. The SMILES string of the molecule is CSc1ncc(C(=O)Nc2ccc(C#N)cc2)n1-c1ccccc1. The van der Waals surface area contributed by atoms with Crippen LogP contribution in [0.2, 0.25) is 0 Å². The van der Waals surface area contributed by atoms with Crippen LogP contribution in [0, 0.1) is 11.3 Å². The Balaban J connectivity index is 1.93. The summed E-state index contributed by atoms with van der Waals surface area (Å²) in [5.74, 6) is -0.253. The molecule has 1 heterocycles. The van der Waals surface area contributed by atoms with Crippen molar-refractivity contribution in [3.63, 3.8) is 0 Å². The summed E-state index contributed by atoms with van der Waals surface area (Å²) < 4.78 is 1.82. The topological polar surface area (TPSA) is 70.7 Å². The van der Waals surface area contributed by atoms with Gasteiger partial charge in [-0.05, 0) is 42.7 Å². The summed E-state index contributed by atoms with van der Waals surface area (Å²) in [7, 11) is 0. The Labute approximate surface area is 144 Å². The smallest absolute Gasteiger partial charge is 0.274 e. The fraction of sp³-hybridized carbons (Fsp3) is 0.0556.